The van der Waals surface area contributed by atoms with Gasteiger partial charge in [0.15, 0.2) is 0 Å². The van der Waals surface area contributed by atoms with E-state index in [-0.39, 0.29) is 5.57 Å². The minimum atomic E-state index is -0.787. The molecule has 1 saturated heterocycles. The lowest BCUT2D eigenvalue weighted by molar-refractivity contribution is -0.123. The summed E-state index contributed by atoms with van der Waals surface area (Å²) in [7, 11) is 0. The molecule has 0 saturated carbocycles. The maximum atomic E-state index is 11.8. The van der Waals surface area contributed by atoms with Gasteiger partial charge in [0.05, 0.1) is 0 Å². The first-order valence-electron chi connectivity index (χ1n) is 8.78. The number of amides is 4. The number of carbonyl (C=O) groups is 3. The lowest BCUT2D eigenvalue weighted by atomic mass is 10.1. The van der Waals surface area contributed by atoms with E-state index in [4.69, 9.17) is 0 Å². The highest BCUT2D eigenvalue weighted by atomic mass is 16.2. The minimum Gasteiger partial charge on any atom is -0.372 e. The molecular formula is C19H25N3O3. The van der Waals surface area contributed by atoms with Crippen molar-refractivity contribution in [2.45, 2.75) is 39.5 Å². The van der Waals surface area contributed by atoms with E-state index in [9.17, 15) is 14.4 Å². The fourth-order valence-electron chi connectivity index (χ4n) is 2.62. The molecule has 0 radical (unpaired) electrons. The van der Waals surface area contributed by atoms with Crippen LogP contribution in [0.15, 0.2) is 29.8 Å². The van der Waals surface area contributed by atoms with Crippen LogP contribution in [-0.4, -0.2) is 30.9 Å². The molecule has 1 aliphatic heterocycles. The van der Waals surface area contributed by atoms with Crippen LogP contribution in [0.2, 0.25) is 0 Å². The summed E-state index contributed by atoms with van der Waals surface area (Å²) in [4.78, 5) is 37.0. The van der Waals surface area contributed by atoms with Crippen LogP contribution < -0.4 is 15.5 Å². The first kappa shape index (κ1) is 18.7. The number of barbiturate groups is 1. The van der Waals surface area contributed by atoms with E-state index >= 15 is 0 Å². The van der Waals surface area contributed by atoms with E-state index in [1.807, 2.05) is 24.3 Å². The molecule has 1 heterocycles. The third-order valence-electron chi connectivity index (χ3n) is 4.08. The second-order valence-corrected chi connectivity index (χ2v) is 6.08. The molecule has 2 rings (SSSR count). The predicted octanol–water partition coefficient (Wildman–Crippen LogP) is 2.84. The maximum Gasteiger partial charge on any atom is 0.328 e. The predicted molar refractivity (Wildman–Crippen MR) is 98.1 cm³/mol. The van der Waals surface area contributed by atoms with Gasteiger partial charge >= 0.3 is 6.03 Å². The number of unbranched alkanes of at least 4 members (excludes halogenated alkanes) is 2. The molecule has 4 amide bonds. The van der Waals surface area contributed by atoms with Crippen molar-refractivity contribution in [3.8, 4) is 0 Å². The molecule has 1 aromatic rings. The van der Waals surface area contributed by atoms with Crippen LogP contribution in [0.1, 0.15) is 45.1 Å². The lowest BCUT2D eigenvalue weighted by Gasteiger charge is -2.24. The minimum absolute atomic E-state index is 0.0684. The quantitative estimate of drug-likeness (QED) is 0.562. The van der Waals surface area contributed by atoms with Crippen molar-refractivity contribution in [3.63, 3.8) is 0 Å². The van der Waals surface area contributed by atoms with Gasteiger partial charge in [0.1, 0.15) is 5.57 Å². The summed E-state index contributed by atoms with van der Waals surface area (Å²) in [6, 6.07) is 6.97. The first-order chi connectivity index (χ1) is 12.0. The molecule has 0 aromatic heterocycles. The summed E-state index contributed by atoms with van der Waals surface area (Å²) >= 11 is 0. The van der Waals surface area contributed by atoms with Crippen LogP contribution in [0.25, 0.3) is 6.08 Å². The van der Waals surface area contributed by atoms with Crippen molar-refractivity contribution < 1.29 is 14.4 Å². The average Bonchev–Trinajstić information content (AvgIpc) is 2.59. The molecule has 25 heavy (non-hydrogen) atoms. The molecular weight excluding hydrogens is 318 g/mol. The normalized spacial score (nSPS) is 14.2. The molecule has 0 unspecified atom stereocenters. The van der Waals surface area contributed by atoms with Gasteiger partial charge < -0.3 is 4.90 Å². The fourth-order valence-corrected chi connectivity index (χ4v) is 2.62. The maximum absolute atomic E-state index is 11.8. The number of hydrogen-bond acceptors (Lipinski definition) is 4. The summed E-state index contributed by atoms with van der Waals surface area (Å²) < 4.78 is 0. The van der Waals surface area contributed by atoms with Crippen LogP contribution in [-0.2, 0) is 9.59 Å². The summed E-state index contributed by atoms with van der Waals surface area (Å²) in [5.41, 5.74) is 1.81. The smallest absolute Gasteiger partial charge is 0.328 e. The van der Waals surface area contributed by atoms with Crippen LogP contribution in [0, 0.1) is 0 Å². The van der Waals surface area contributed by atoms with Crippen molar-refractivity contribution in [2.75, 3.05) is 18.0 Å². The van der Waals surface area contributed by atoms with E-state index in [0.29, 0.717) is 0 Å². The fraction of sp³-hybridized carbons (Fsp3) is 0.421. The summed E-state index contributed by atoms with van der Waals surface area (Å²) in [6.07, 6.45) is 6.07. The Hall–Kier alpha value is -2.63. The Morgan fingerprint density at radius 2 is 1.40 bits per heavy atom. The van der Waals surface area contributed by atoms with Gasteiger partial charge in [-0.25, -0.2) is 4.79 Å². The zero-order chi connectivity index (χ0) is 18.2. The third-order valence-corrected chi connectivity index (χ3v) is 4.08. The van der Waals surface area contributed by atoms with Gasteiger partial charge in [0, 0.05) is 18.8 Å². The van der Waals surface area contributed by atoms with Crippen molar-refractivity contribution in [1.29, 1.82) is 0 Å². The second kappa shape index (κ2) is 9.01. The van der Waals surface area contributed by atoms with Crippen LogP contribution in [0.3, 0.4) is 0 Å². The number of anilines is 1. The third kappa shape index (κ3) is 5.17. The molecule has 0 spiro atoms. The number of nitrogens with zero attached hydrogens (tertiary/aromatic N) is 1. The molecule has 1 aliphatic rings. The number of carbonyl (C=O) groups excluding carboxylic acids is 3. The van der Waals surface area contributed by atoms with Crippen LogP contribution >= 0.6 is 0 Å². The number of urea groups is 1. The van der Waals surface area contributed by atoms with Crippen LogP contribution in [0.4, 0.5) is 10.5 Å². The molecule has 134 valence electrons. The summed E-state index contributed by atoms with van der Waals surface area (Å²) in [5, 5.41) is 4.14. The van der Waals surface area contributed by atoms with Crippen molar-refractivity contribution in [2.24, 2.45) is 0 Å². The Morgan fingerprint density at radius 3 is 1.88 bits per heavy atom. The molecule has 0 aliphatic carbocycles. The topological polar surface area (TPSA) is 78.5 Å². The van der Waals surface area contributed by atoms with Gasteiger partial charge in [-0.15, -0.1) is 0 Å². The largest absolute Gasteiger partial charge is 0.372 e. The monoisotopic (exact) mass is 343 g/mol. The molecule has 0 atom stereocenters. The number of rotatable bonds is 8. The van der Waals surface area contributed by atoms with Crippen molar-refractivity contribution in [3.05, 3.63) is 35.4 Å². The second-order valence-electron chi connectivity index (χ2n) is 6.08. The van der Waals surface area contributed by atoms with E-state index in [1.54, 1.807) is 0 Å². The lowest BCUT2D eigenvalue weighted by Crippen LogP contribution is -2.51. The van der Waals surface area contributed by atoms with Gasteiger partial charge in [0.25, 0.3) is 11.8 Å². The molecule has 1 fully saturated rings. The SMILES string of the molecule is CCCCN(CCCC)c1ccc(C=C2C(=O)NC(=O)NC2=O)cc1. The van der Waals surface area contributed by atoms with Crippen molar-refractivity contribution >= 4 is 29.6 Å². The van der Waals surface area contributed by atoms with Gasteiger partial charge in [-0.2, -0.15) is 0 Å². The van der Waals surface area contributed by atoms with E-state index in [2.05, 4.69) is 29.4 Å². The molecule has 1 aromatic carbocycles. The average molecular weight is 343 g/mol. The van der Waals surface area contributed by atoms with Gasteiger partial charge in [-0.05, 0) is 36.6 Å². The van der Waals surface area contributed by atoms with E-state index in [1.165, 1.54) is 6.08 Å². The van der Waals surface area contributed by atoms with E-state index < -0.39 is 17.8 Å². The molecule has 6 nitrogen and oxygen atoms in total. The Labute approximate surface area is 148 Å². The first-order valence-corrected chi connectivity index (χ1v) is 8.78. The number of imide groups is 2. The van der Waals surface area contributed by atoms with Gasteiger partial charge in [0.2, 0.25) is 0 Å². The standard InChI is InChI=1S/C19H25N3O3/c1-3-5-11-22(12-6-4-2)15-9-7-14(8-10-15)13-16-17(23)20-19(25)21-18(16)24/h7-10,13H,3-6,11-12H2,1-2H3,(H2,20,21,23,24,25). The highest BCUT2D eigenvalue weighted by Crippen LogP contribution is 2.19. The van der Waals surface area contributed by atoms with Crippen molar-refractivity contribution in [1.82, 2.24) is 10.6 Å². The molecule has 2 N–H and O–H groups in total. The molecule has 0 bridgehead atoms. The molecule has 6 heteroatoms. The Kier molecular flexibility index (Phi) is 6.74. The number of hydrogen-bond donors (Lipinski definition) is 2. The Morgan fingerprint density at radius 1 is 0.880 bits per heavy atom. The number of nitrogens with one attached hydrogen (secondary N) is 2. The Bertz CT molecular complexity index is 635. The van der Waals surface area contributed by atoms with E-state index in [0.717, 1.165) is 50.0 Å². The summed E-state index contributed by atoms with van der Waals surface area (Å²) in [5.74, 6) is -1.35. The van der Waals surface area contributed by atoms with Gasteiger partial charge in [-0.1, -0.05) is 38.8 Å². The highest BCUT2D eigenvalue weighted by molar-refractivity contribution is 6.31. The summed E-state index contributed by atoms with van der Waals surface area (Å²) in [6.45, 7) is 6.39. The number of benzene rings is 1. The zero-order valence-electron chi connectivity index (χ0n) is 14.8. The Balaban J connectivity index is 2.14. The zero-order valence-corrected chi connectivity index (χ0v) is 14.8. The van der Waals surface area contributed by atoms with Crippen LogP contribution in [0.5, 0.6) is 0 Å². The highest BCUT2D eigenvalue weighted by Gasteiger charge is 2.27. The van der Waals surface area contributed by atoms with Gasteiger partial charge in [-0.3, -0.25) is 20.2 Å².